The van der Waals surface area contributed by atoms with Crippen LogP contribution in [0, 0.1) is 0 Å². The third kappa shape index (κ3) is 5.54. The minimum Gasteiger partial charge on any atom is -0.489 e. The molecule has 0 radical (unpaired) electrons. The zero-order chi connectivity index (χ0) is 23.2. The predicted molar refractivity (Wildman–Crippen MR) is 130 cm³/mol. The van der Waals surface area contributed by atoms with Gasteiger partial charge in [-0.2, -0.15) is 0 Å². The van der Waals surface area contributed by atoms with Crippen molar-refractivity contribution < 1.29 is 19.4 Å². The van der Waals surface area contributed by atoms with E-state index in [9.17, 15) is 4.79 Å². The zero-order valence-corrected chi connectivity index (χ0v) is 19.2. The number of amides is 1. The Hall–Kier alpha value is -3.33. The second-order valence-electron chi connectivity index (χ2n) is 7.18. The third-order valence-corrected chi connectivity index (χ3v) is 6.13. The number of thiophene rings is 1. The minimum atomic E-state index is -0.305. The van der Waals surface area contributed by atoms with Crippen LogP contribution in [0.25, 0.3) is 10.1 Å². The Kier molecular flexibility index (Phi) is 7.29. The number of hydrogen-bond acceptors (Lipinski definition) is 7. The number of fused-ring (bicyclic) bond motifs is 1. The van der Waals surface area contributed by atoms with E-state index in [1.807, 2.05) is 53.9 Å². The second kappa shape index (κ2) is 10.5. The molecule has 0 unspecified atom stereocenters. The van der Waals surface area contributed by atoms with Gasteiger partial charge in [0.15, 0.2) is 0 Å². The maximum atomic E-state index is 12.4. The van der Waals surface area contributed by atoms with Crippen LogP contribution >= 0.6 is 22.9 Å². The van der Waals surface area contributed by atoms with Crippen LogP contribution in [0.2, 0.25) is 5.02 Å². The summed E-state index contributed by atoms with van der Waals surface area (Å²) in [5.41, 5.74) is 8.33. The molecule has 4 N–H and O–H groups in total. The van der Waals surface area contributed by atoms with Crippen molar-refractivity contribution in [3.05, 3.63) is 81.8 Å². The van der Waals surface area contributed by atoms with Crippen LogP contribution in [-0.4, -0.2) is 29.1 Å². The summed E-state index contributed by atoms with van der Waals surface area (Å²) < 4.78 is 12.6. The van der Waals surface area contributed by atoms with Crippen LogP contribution in [0.5, 0.6) is 11.5 Å². The van der Waals surface area contributed by atoms with E-state index in [1.54, 1.807) is 0 Å². The quantitative estimate of drug-likeness (QED) is 0.325. The molecule has 2 heterocycles. The highest BCUT2D eigenvalue weighted by Gasteiger charge is 2.17. The van der Waals surface area contributed by atoms with E-state index in [4.69, 9.17) is 31.9 Å². The Labute approximate surface area is 199 Å². The fourth-order valence-electron chi connectivity index (χ4n) is 3.27. The average molecular weight is 484 g/mol. The number of nitrogens with two attached hydrogens (primary N) is 1. The van der Waals surface area contributed by atoms with Gasteiger partial charge in [-0.3, -0.25) is 4.79 Å². The number of carbonyl (C=O) groups excluding carboxylic acids is 1. The number of ether oxygens (including phenoxy) is 2. The number of anilines is 1. The van der Waals surface area contributed by atoms with E-state index in [1.165, 1.54) is 17.5 Å². The summed E-state index contributed by atoms with van der Waals surface area (Å²) in [5.74, 6) is 1.34. The highest BCUT2D eigenvalue weighted by Crippen LogP contribution is 2.33. The number of aliphatic hydroxyl groups is 1. The third-order valence-electron chi connectivity index (χ3n) is 4.84. The van der Waals surface area contributed by atoms with Gasteiger partial charge in [-0.1, -0.05) is 29.8 Å². The van der Waals surface area contributed by atoms with E-state index < -0.39 is 0 Å². The van der Waals surface area contributed by atoms with Gasteiger partial charge in [0.05, 0.1) is 16.9 Å². The standard InChI is InChI=1S/C24H22ClN3O4S/c25-17-4-1-3-15(9-17)12-31-18-5-2-6-19(10-18)32-13-16-14-33-22-20(24(30)27-7-8-29)11-28-23(26)21(16)22/h1-6,9-11,14,29H,7-8,12-13H2,(H2,26,28)(H,27,30). The Bertz CT molecular complexity index is 1280. The van der Waals surface area contributed by atoms with Crippen molar-refractivity contribution in [1.29, 1.82) is 0 Å². The number of nitrogens with zero attached hydrogens (tertiary/aromatic N) is 1. The van der Waals surface area contributed by atoms with Crippen molar-refractivity contribution in [3.63, 3.8) is 0 Å². The summed E-state index contributed by atoms with van der Waals surface area (Å²) in [6, 6.07) is 14.9. The number of nitrogen functional groups attached to an aromatic ring is 1. The number of nitrogens with one attached hydrogen (secondary N) is 1. The number of aliphatic hydroxyl groups excluding tert-OH is 1. The first-order valence-corrected chi connectivity index (χ1v) is 11.4. The van der Waals surface area contributed by atoms with E-state index in [0.29, 0.717) is 39.9 Å². The fraction of sp³-hybridized carbons (Fsp3) is 0.167. The lowest BCUT2D eigenvalue weighted by Crippen LogP contribution is -2.26. The number of rotatable bonds is 9. The van der Waals surface area contributed by atoms with E-state index in [-0.39, 0.29) is 25.7 Å². The van der Waals surface area contributed by atoms with Crippen LogP contribution in [-0.2, 0) is 13.2 Å². The van der Waals surface area contributed by atoms with E-state index in [2.05, 4.69) is 10.3 Å². The molecule has 170 valence electrons. The maximum Gasteiger partial charge on any atom is 0.254 e. The molecule has 0 saturated carbocycles. The van der Waals surface area contributed by atoms with Crippen LogP contribution in [0.4, 0.5) is 5.82 Å². The Balaban J connectivity index is 1.46. The van der Waals surface area contributed by atoms with Gasteiger partial charge < -0.3 is 25.6 Å². The van der Waals surface area contributed by atoms with Crippen molar-refractivity contribution in [2.45, 2.75) is 13.2 Å². The lowest BCUT2D eigenvalue weighted by molar-refractivity contribution is 0.0946. The normalized spacial score (nSPS) is 10.8. The maximum absolute atomic E-state index is 12.4. The van der Waals surface area contributed by atoms with Gasteiger partial charge in [0.1, 0.15) is 30.5 Å². The molecule has 0 fully saturated rings. The summed E-state index contributed by atoms with van der Waals surface area (Å²) in [6.45, 7) is 0.679. The van der Waals surface area contributed by atoms with Crippen LogP contribution in [0.3, 0.4) is 0 Å². The summed E-state index contributed by atoms with van der Waals surface area (Å²) in [4.78, 5) is 16.6. The van der Waals surface area contributed by atoms with Crippen molar-refractivity contribution >= 4 is 44.7 Å². The molecule has 1 amide bonds. The van der Waals surface area contributed by atoms with Gasteiger partial charge in [0, 0.05) is 34.8 Å². The van der Waals surface area contributed by atoms with Crippen molar-refractivity contribution in [3.8, 4) is 11.5 Å². The molecule has 4 rings (SSSR count). The number of hydrogen-bond donors (Lipinski definition) is 3. The van der Waals surface area contributed by atoms with Gasteiger partial charge in [0.25, 0.3) is 5.91 Å². The van der Waals surface area contributed by atoms with Crippen LogP contribution in [0.15, 0.2) is 60.1 Å². The fourth-order valence-corrected chi connectivity index (χ4v) is 4.56. The predicted octanol–water partition coefficient (Wildman–Crippen LogP) is 4.41. The number of pyridine rings is 1. The summed E-state index contributed by atoms with van der Waals surface area (Å²) in [6.07, 6.45) is 1.45. The van der Waals surface area contributed by atoms with Gasteiger partial charge in [-0.05, 0) is 35.2 Å². The molecule has 0 spiro atoms. The summed E-state index contributed by atoms with van der Waals surface area (Å²) in [7, 11) is 0. The lowest BCUT2D eigenvalue weighted by atomic mass is 10.1. The number of benzene rings is 2. The second-order valence-corrected chi connectivity index (χ2v) is 8.50. The smallest absolute Gasteiger partial charge is 0.254 e. The summed E-state index contributed by atoms with van der Waals surface area (Å²) in [5, 5.41) is 14.9. The average Bonchev–Trinajstić information content (AvgIpc) is 3.25. The lowest BCUT2D eigenvalue weighted by Gasteiger charge is -2.10. The summed E-state index contributed by atoms with van der Waals surface area (Å²) >= 11 is 7.43. The number of carbonyl (C=O) groups is 1. The van der Waals surface area contributed by atoms with Gasteiger partial charge in [-0.25, -0.2) is 4.98 Å². The van der Waals surface area contributed by atoms with Crippen molar-refractivity contribution in [1.82, 2.24) is 10.3 Å². The highest BCUT2D eigenvalue weighted by atomic mass is 35.5. The Morgan fingerprint density at radius 1 is 1.12 bits per heavy atom. The number of halogens is 1. The molecule has 4 aromatic rings. The SMILES string of the molecule is Nc1ncc(C(=O)NCCO)c2scc(COc3cccc(OCc4cccc(Cl)c4)c3)c12. The van der Waals surface area contributed by atoms with Crippen LogP contribution in [0.1, 0.15) is 21.5 Å². The molecule has 9 heteroatoms. The molecule has 2 aromatic carbocycles. The van der Waals surface area contributed by atoms with Gasteiger partial charge >= 0.3 is 0 Å². The molecule has 2 aromatic heterocycles. The van der Waals surface area contributed by atoms with E-state index in [0.717, 1.165) is 15.8 Å². The minimum absolute atomic E-state index is 0.136. The molecular weight excluding hydrogens is 462 g/mol. The molecule has 0 bridgehead atoms. The molecule has 0 aliphatic rings. The van der Waals surface area contributed by atoms with Gasteiger partial charge in [-0.15, -0.1) is 11.3 Å². The molecular formula is C24H22ClN3O4S. The van der Waals surface area contributed by atoms with Crippen LogP contribution < -0.4 is 20.5 Å². The first-order chi connectivity index (χ1) is 16.0. The Morgan fingerprint density at radius 3 is 2.64 bits per heavy atom. The van der Waals surface area contributed by atoms with Crippen molar-refractivity contribution in [2.75, 3.05) is 18.9 Å². The van der Waals surface area contributed by atoms with E-state index >= 15 is 0 Å². The molecule has 7 nitrogen and oxygen atoms in total. The molecule has 0 saturated heterocycles. The number of aromatic nitrogens is 1. The molecule has 0 atom stereocenters. The largest absolute Gasteiger partial charge is 0.489 e. The molecule has 0 aliphatic heterocycles. The topological polar surface area (TPSA) is 107 Å². The first kappa shape index (κ1) is 22.8. The molecule has 33 heavy (non-hydrogen) atoms. The van der Waals surface area contributed by atoms with Crippen molar-refractivity contribution in [2.24, 2.45) is 0 Å². The molecule has 0 aliphatic carbocycles. The monoisotopic (exact) mass is 483 g/mol. The Morgan fingerprint density at radius 2 is 1.88 bits per heavy atom. The van der Waals surface area contributed by atoms with Gasteiger partial charge in [0.2, 0.25) is 0 Å². The highest BCUT2D eigenvalue weighted by molar-refractivity contribution is 7.17. The zero-order valence-electron chi connectivity index (χ0n) is 17.6. The first-order valence-electron chi connectivity index (χ1n) is 10.2.